The fraction of sp³-hybridized carbons (Fsp3) is 0.231. The molecule has 0 spiro atoms. The maximum atomic E-state index is 5.75. The van der Waals surface area contributed by atoms with Crippen LogP contribution in [-0.2, 0) is 6.54 Å². The zero-order valence-corrected chi connectivity index (χ0v) is 11.7. The van der Waals surface area contributed by atoms with Gasteiger partial charge in [0.1, 0.15) is 5.52 Å². The molecule has 2 aromatic heterocycles. The molecule has 0 fully saturated rings. The van der Waals surface area contributed by atoms with Gasteiger partial charge in [-0.3, -0.25) is 0 Å². The van der Waals surface area contributed by atoms with Crippen molar-refractivity contribution in [1.82, 2.24) is 25.0 Å². The second-order valence-electron chi connectivity index (χ2n) is 4.37. The average molecular weight is 289 g/mol. The number of rotatable bonds is 4. The molecule has 1 N–H and O–H groups in total. The molecule has 0 saturated carbocycles. The molecule has 0 amide bonds. The number of fused-ring (bicyclic) bond motifs is 1. The quantitative estimate of drug-likeness (QED) is 0.799. The summed E-state index contributed by atoms with van der Waals surface area (Å²) in [5, 5.41) is 11.9. The van der Waals surface area contributed by atoms with Gasteiger partial charge in [-0.1, -0.05) is 23.7 Å². The zero-order chi connectivity index (χ0) is 13.9. The molecule has 0 aliphatic rings. The van der Waals surface area contributed by atoms with Crippen molar-refractivity contribution in [3.63, 3.8) is 0 Å². The number of nitrogens with one attached hydrogen (secondary N) is 1. The third-order valence-electron chi connectivity index (χ3n) is 2.83. The van der Waals surface area contributed by atoms with Crippen molar-refractivity contribution in [3.05, 3.63) is 35.6 Å². The van der Waals surface area contributed by atoms with Crippen molar-refractivity contribution in [3.8, 4) is 0 Å². The zero-order valence-electron chi connectivity index (χ0n) is 10.9. The monoisotopic (exact) mass is 288 g/mol. The van der Waals surface area contributed by atoms with E-state index < -0.39 is 0 Å². The molecule has 0 saturated heterocycles. The second kappa shape index (κ2) is 5.42. The normalized spacial score (nSPS) is 10.9. The predicted molar refractivity (Wildman–Crippen MR) is 78.1 cm³/mol. The summed E-state index contributed by atoms with van der Waals surface area (Å²) in [6, 6.07) is 5.87. The lowest BCUT2D eigenvalue weighted by atomic mass is 10.2. The standard InChI is InChI=1S/C13H13ClN6/c1-2-5-20-12-4-3-10(6-11(12)18-19-20)17-13-15-7-9(14)8-16-13/h3-4,6-8H,2,5H2,1H3,(H,15,16,17). The van der Waals surface area contributed by atoms with Crippen molar-refractivity contribution in [2.75, 3.05) is 5.32 Å². The lowest BCUT2D eigenvalue weighted by Crippen LogP contribution is -1.99. The Balaban J connectivity index is 1.87. The molecule has 0 bridgehead atoms. The summed E-state index contributed by atoms with van der Waals surface area (Å²) in [7, 11) is 0. The maximum absolute atomic E-state index is 5.75. The van der Waals surface area contributed by atoms with Crippen LogP contribution in [0.3, 0.4) is 0 Å². The van der Waals surface area contributed by atoms with Gasteiger partial charge < -0.3 is 5.32 Å². The minimum absolute atomic E-state index is 0.495. The Hall–Kier alpha value is -2.21. The number of hydrogen-bond acceptors (Lipinski definition) is 5. The summed E-state index contributed by atoms with van der Waals surface area (Å²) in [6.45, 7) is 2.98. The number of aromatic nitrogens is 5. The first-order valence-electron chi connectivity index (χ1n) is 6.34. The summed E-state index contributed by atoms with van der Waals surface area (Å²) >= 11 is 5.75. The van der Waals surface area contributed by atoms with Crippen LogP contribution in [-0.4, -0.2) is 25.0 Å². The summed E-state index contributed by atoms with van der Waals surface area (Å²) in [4.78, 5) is 8.19. The summed E-state index contributed by atoms with van der Waals surface area (Å²) in [5.41, 5.74) is 2.73. The molecule has 2 heterocycles. The predicted octanol–water partition coefficient (Wildman–Crippen LogP) is 3.03. The first kappa shape index (κ1) is 12.8. The highest BCUT2D eigenvalue weighted by atomic mass is 35.5. The lowest BCUT2D eigenvalue weighted by Gasteiger charge is -2.04. The van der Waals surface area contributed by atoms with Crippen molar-refractivity contribution in [1.29, 1.82) is 0 Å². The van der Waals surface area contributed by atoms with Gasteiger partial charge in [-0.25, -0.2) is 14.6 Å². The Bertz CT molecular complexity index is 721. The molecule has 0 aliphatic carbocycles. The van der Waals surface area contributed by atoms with Crippen LogP contribution in [0, 0.1) is 0 Å². The van der Waals surface area contributed by atoms with E-state index in [0.29, 0.717) is 11.0 Å². The molecule has 0 unspecified atom stereocenters. The van der Waals surface area contributed by atoms with Gasteiger partial charge in [0.2, 0.25) is 5.95 Å². The van der Waals surface area contributed by atoms with E-state index in [2.05, 4.69) is 32.5 Å². The Morgan fingerprint density at radius 2 is 2.05 bits per heavy atom. The van der Waals surface area contributed by atoms with E-state index in [1.807, 2.05) is 22.9 Å². The van der Waals surface area contributed by atoms with E-state index in [9.17, 15) is 0 Å². The summed E-state index contributed by atoms with van der Waals surface area (Å²) in [6.07, 6.45) is 4.12. The van der Waals surface area contributed by atoms with Crippen LogP contribution in [0.5, 0.6) is 0 Å². The number of anilines is 2. The van der Waals surface area contributed by atoms with Crippen molar-refractivity contribution in [2.24, 2.45) is 0 Å². The number of halogens is 1. The Kier molecular flexibility index (Phi) is 3.47. The van der Waals surface area contributed by atoms with Crippen LogP contribution in [0.1, 0.15) is 13.3 Å². The highest BCUT2D eigenvalue weighted by Gasteiger charge is 2.05. The Morgan fingerprint density at radius 3 is 2.80 bits per heavy atom. The molecule has 3 aromatic rings. The van der Waals surface area contributed by atoms with Gasteiger partial charge in [0.05, 0.1) is 22.9 Å². The van der Waals surface area contributed by atoms with Gasteiger partial charge in [0, 0.05) is 12.2 Å². The van der Waals surface area contributed by atoms with E-state index >= 15 is 0 Å². The average Bonchev–Trinajstić information content (AvgIpc) is 2.85. The molecular formula is C13H13ClN6. The van der Waals surface area contributed by atoms with Crippen LogP contribution in [0.4, 0.5) is 11.6 Å². The first-order valence-corrected chi connectivity index (χ1v) is 6.72. The molecule has 102 valence electrons. The number of nitrogens with zero attached hydrogens (tertiary/aromatic N) is 5. The van der Waals surface area contributed by atoms with Crippen molar-refractivity contribution in [2.45, 2.75) is 19.9 Å². The van der Waals surface area contributed by atoms with E-state index in [1.165, 1.54) is 0 Å². The minimum Gasteiger partial charge on any atom is -0.324 e. The van der Waals surface area contributed by atoms with Gasteiger partial charge in [0.25, 0.3) is 0 Å². The molecule has 0 aliphatic heterocycles. The highest BCUT2D eigenvalue weighted by molar-refractivity contribution is 6.30. The third-order valence-corrected chi connectivity index (χ3v) is 3.02. The van der Waals surface area contributed by atoms with Crippen LogP contribution in [0.25, 0.3) is 11.0 Å². The summed E-state index contributed by atoms with van der Waals surface area (Å²) < 4.78 is 1.90. The Morgan fingerprint density at radius 1 is 1.25 bits per heavy atom. The van der Waals surface area contributed by atoms with Gasteiger partial charge in [-0.2, -0.15) is 0 Å². The number of hydrogen-bond donors (Lipinski definition) is 1. The van der Waals surface area contributed by atoms with E-state index in [-0.39, 0.29) is 0 Å². The largest absolute Gasteiger partial charge is 0.324 e. The van der Waals surface area contributed by atoms with E-state index in [0.717, 1.165) is 29.7 Å². The third kappa shape index (κ3) is 2.55. The van der Waals surface area contributed by atoms with E-state index in [1.54, 1.807) is 12.4 Å². The van der Waals surface area contributed by atoms with Gasteiger partial charge in [-0.05, 0) is 24.6 Å². The smallest absolute Gasteiger partial charge is 0.227 e. The fourth-order valence-electron chi connectivity index (χ4n) is 1.93. The van der Waals surface area contributed by atoms with Gasteiger partial charge in [0.15, 0.2) is 0 Å². The van der Waals surface area contributed by atoms with Crippen LogP contribution < -0.4 is 5.32 Å². The van der Waals surface area contributed by atoms with Crippen LogP contribution in [0.15, 0.2) is 30.6 Å². The fourth-order valence-corrected chi connectivity index (χ4v) is 2.03. The van der Waals surface area contributed by atoms with Crippen molar-refractivity contribution >= 4 is 34.3 Å². The number of benzene rings is 1. The number of aryl methyl sites for hydroxylation is 1. The molecule has 3 rings (SSSR count). The molecule has 7 heteroatoms. The highest BCUT2D eigenvalue weighted by Crippen LogP contribution is 2.19. The molecule has 1 aromatic carbocycles. The van der Waals surface area contributed by atoms with Gasteiger partial charge in [-0.15, -0.1) is 5.10 Å². The summed E-state index contributed by atoms with van der Waals surface area (Å²) in [5.74, 6) is 0.495. The molecular weight excluding hydrogens is 276 g/mol. The second-order valence-corrected chi connectivity index (χ2v) is 4.80. The SMILES string of the molecule is CCCn1nnc2cc(Nc3ncc(Cl)cn3)ccc21. The first-order chi connectivity index (χ1) is 9.76. The van der Waals surface area contributed by atoms with Crippen molar-refractivity contribution < 1.29 is 0 Å². The van der Waals surface area contributed by atoms with E-state index in [4.69, 9.17) is 11.6 Å². The van der Waals surface area contributed by atoms with Crippen LogP contribution in [0.2, 0.25) is 5.02 Å². The minimum atomic E-state index is 0.495. The van der Waals surface area contributed by atoms with Gasteiger partial charge >= 0.3 is 0 Å². The molecule has 20 heavy (non-hydrogen) atoms. The van der Waals surface area contributed by atoms with Crippen LogP contribution >= 0.6 is 11.6 Å². The molecule has 0 atom stereocenters. The lowest BCUT2D eigenvalue weighted by molar-refractivity contribution is 0.596. The molecule has 6 nitrogen and oxygen atoms in total. The maximum Gasteiger partial charge on any atom is 0.227 e. The topological polar surface area (TPSA) is 68.5 Å². The molecule has 0 radical (unpaired) electrons. The Labute approximate surface area is 120 Å².